The number of ether oxygens (including phenoxy) is 1. The Balaban J connectivity index is 2.17. The fourth-order valence-corrected chi connectivity index (χ4v) is 3.24. The van der Waals surface area contributed by atoms with E-state index >= 15 is 0 Å². The lowest BCUT2D eigenvalue weighted by molar-refractivity contribution is -0.139. The molecule has 0 bridgehead atoms. The molecular weight excluding hydrogens is 246 g/mol. The van der Waals surface area contributed by atoms with Gasteiger partial charge >= 0.3 is 0 Å². The zero-order chi connectivity index (χ0) is 13.9. The number of amides is 1. The van der Waals surface area contributed by atoms with Crippen molar-refractivity contribution in [3.63, 3.8) is 0 Å². The summed E-state index contributed by atoms with van der Waals surface area (Å²) in [4.78, 5) is 14.6. The molecular formula is C13H23N3O3. The van der Waals surface area contributed by atoms with Crippen molar-refractivity contribution in [2.75, 3.05) is 20.2 Å². The van der Waals surface area contributed by atoms with Gasteiger partial charge in [-0.05, 0) is 19.3 Å². The van der Waals surface area contributed by atoms with E-state index in [1.807, 2.05) is 0 Å². The van der Waals surface area contributed by atoms with Crippen LogP contribution in [0.4, 0.5) is 0 Å². The number of rotatable bonds is 3. The quantitative estimate of drug-likeness (QED) is 0.345. The summed E-state index contributed by atoms with van der Waals surface area (Å²) < 4.78 is 5.29. The number of likely N-dealkylation sites (tertiary alicyclic amines) is 1. The standard InChI is InChI=1S/C13H23N3O3/c1-19-10-5-8-16(9-10)12(17)13(11(14)15-18)6-3-2-4-7-13/h10,18H,2-9H2,1H3,(H2,14,15). The molecule has 1 amide bonds. The van der Waals surface area contributed by atoms with Crippen LogP contribution in [0.3, 0.4) is 0 Å². The van der Waals surface area contributed by atoms with Crippen LogP contribution < -0.4 is 5.73 Å². The van der Waals surface area contributed by atoms with Gasteiger partial charge in [-0.1, -0.05) is 24.4 Å². The Morgan fingerprint density at radius 2 is 2.11 bits per heavy atom. The second-order valence-electron chi connectivity index (χ2n) is 5.53. The van der Waals surface area contributed by atoms with Crippen molar-refractivity contribution in [3.05, 3.63) is 0 Å². The van der Waals surface area contributed by atoms with E-state index in [0.717, 1.165) is 25.7 Å². The molecule has 1 heterocycles. The molecule has 6 nitrogen and oxygen atoms in total. The number of oxime groups is 1. The molecule has 3 N–H and O–H groups in total. The maximum atomic E-state index is 12.8. The molecule has 108 valence electrons. The number of hydrogen-bond donors (Lipinski definition) is 2. The maximum absolute atomic E-state index is 12.8. The molecule has 1 unspecified atom stereocenters. The molecule has 2 rings (SSSR count). The molecule has 6 heteroatoms. The van der Waals surface area contributed by atoms with Crippen molar-refractivity contribution < 1.29 is 14.7 Å². The van der Waals surface area contributed by atoms with Crippen molar-refractivity contribution in [1.82, 2.24) is 4.90 Å². The zero-order valence-electron chi connectivity index (χ0n) is 11.5. The van der Waals surface area contributed by atoms with Crippen LogP contribution in [0, 0.1) is 5.41 Å². The second kappa shape index (κ2) is 5.77. The van der Waals surface area contributed by atoms with Crippen LogP contribution in [0.5, 0.6) is 0 Å². The van der Waals surface area contributed by atoms with Gasteiger partial charge in [0.2, 0.25) is 5.91 Å². The van der Waals surface area contributed by atoms with Crippen LogP contribution in [-0.4, -0.2) is 48.2 Å². The highest BCUT2D eigenvalue weighted by Crippen LogP contribution is 2.39. The summed E-state index contributed by atoms with van der Waals surface area (Å²) in [6, 6.07) is 0. The predicted octanol–water partition coefficient (Wildman–Crippen LogP) is 0.931. The fraction of sp³-hybridized carbons (Fsp3) is 0.846. The van der Waals surface area contributed by atoms with Gasteiger partial charge in [-0.15, -0.1) is 0 Å². The molecule has 0 aromatic rings. The Morgan fingerprint density at radius 1 is 1.42 bits per heavy atom. The average Bonchev–Trinajstić information content (AvgIpc) is 2.95. The third-order valence-corrected chi connectivity index (χ3v) is 4.48. The maximum Gasteiger partial charge on any atom is 0.236 e. The summed E-state index contributed by atoms with van der Waals surface area (Å²) >= 11 is 0. The summed E-state index contributed by atoms with van der Waals surface area (Å²) in [7, 11) is 1.67. The Bertz CT molecular complexity index is 364. The Morgan fingerprint density at radius 3 is 2.63 bits per heavy atom. The molecule has 1 atom stereocenters. The minimum Gasteiger partial charge on any atom is -0.409 e. The first-order valence-electron chi connectivity index (χ1n) is 6.94. The number of methoxy groups -OCH3 is 1. The van der Waals surface area contributed by atoms with Crippen LogP contribution in [0.25, 0.3) is 0 Å². The van der Waals surface area contributed by atoms with Crippen molar-refractivity contribution in [2.24, 2.45) is 16.3 Å². The first-order valence-corrected chi connectivity index (χ1v) is 6.94. The van der Waals surface area contributed by atoms with E-state index < -0.39 is 5.41 Å². The summed E-state index contributed by atoms with van der Waals surface area (Å²) in [5, 5.41) is 12.1. The summed E-state index contributed by atoms with van der Waals surface area (Å²) in [6.07, 6.45) is 5.32. The van der Waals surface area contributed by atoms with E-state index in [9.17, 15) is 4.79 Å². The van der Waals surface area contributed by atoms with E-state index in [1.165, 1.54) is 0 Å². The molecule has 1 aliphatic carbocycles. The van der Waals surface area contributed by atoms with E-state index in [0.29, 0.717) is 25.9 Å². The van der Waals surface area contributed by atoms with E-state index in [1.54, 1.807) is 12.0 Å². The van der Waals surface area contributed by atoms with Gasteiger partial charge in [-0.3, -0.25) is 4.79 Å². The lowest BCUT2D eigenvalue weighted by Gasteiger charge is -2.37. The number of carbonyl (C=O) groups is 1. The molecule has 0 aromatic carbocycles. The molecule has 2 fully saturated rings. The van der Waals surface area contributed by atoms with Crippen molar-refractivity contribution >= 4 is 11.7 Å². The largest absolute Gasteiger partial charge is 0.409 e. The van der Waals surface area contributed by atoms with Crippen molar-refractivity contribution in [2.45, 2.75) is 44.6 Å². The van der Waals surface area contributed by atoms with Crippen LogP contribution in [-0.2, 0) is 9.53 Å². The zero-order valence-corrected chi connectivity index (χ0v) is 11.5. The monoisotopic (exact) mass is 269 g/mol. The highest BCUT2D eigenvalue weighted by atomic mass is 16.5. The molecule has 2 aliphatic rings. The van der Waals surface area contributed by atoms with E-state index in [2.05, 4.69) is 5.16 Å². The SMILES string of the molecule is COC1CCN(C(=O)C2(C(N)=NO)CCCCC2)C1. The number of amidine groups is 1. The van der Waals surface area contributed by atoms with Crippen LogP contribution in [0.1, 0.15) is 38.5 Å². The summed E-state index contributed by atoms with van der Waals surface area (Å²) in [5.74, 6) is 0.0696. The first-order chi connectivity index (χ1) is 9.14. The van der Waals surface area contributed by atoms with Gasteiger partial charge in [0, 0.05) is 20.2 Å². The van der Waals surface area contributed by atoms with Gasteiger partial charge in [-0.25, -0.2) is 0 Å². The molecule has 1 saturated heterocycles. The van der Waals surface area contributed by atoms with Gasteiger partial charge in [0.1, 0.15) is 5.41 Å². The molecule has 0 radical (unpaired) electrons. The average molecular weight is 269 g/mol. The van der Waals surface area contributed by atoms with Gasteiger partial charge in [0.25, 0.3) is 0 Å². The van der Waals surface area contributed by atoms with E-state index in [4.69, 9.17) is 15.7 Å². The smallest absolute Gasteiger partial charge is 0.236 e. The molecule has 1 saturated carbocycles. The highest BCUT2D eigenvalue weighted by molar-refractivity contribution is 6.06. The fourth-order valence-electron chi connectivity index (χ4n) is 3.24. The van der Waals surface area contributed by atoms with Crippen LogP contribution >= 0.6 is 0 Å². The van der Waals surface area contributed by atoms with E-state index in [-0.39, 0.29) is 17.8 Å². The third kappa shape index (κ3) is 2.54. The topological polar surface area (TPSA) is 88.2 Å². The number of carbonyl (C=O) groups excluding carboxylic acids is 1. The molecule has 0 spiro atoms. The summed E-state index contributed by atoms with van der Waals surface area (Å²) in [6.45, 7) is 1.30. The third-order valence-electron chi connectivity index (χ3n) is 4.48. The molecule has 0 aromatic heterocycles. The van der Waals surface area contributed by atoms with Gasteiger partial charge in [-0.2, -0.15) is 0 Å². The van der Waals surface area contributed by atoms with Gasteiger partial charge < -0.3 is 20.6 Å². The van der Waals surface area contributed by atoms with Crippen molar-refractivity contribution in [1.29, 1.82) is 0 Å². The molecule has 19 heavy (non-hydrogen) atoms. The van der Waals surface area contributed by atoms with Gasteiger partial charge in [0.15, 0.2) is 5.84 Å². The minimum absolute atomic E-state index is 0.00190. The number of nitrogens with two attached hydrogens (primary N) is 1. The first kappa shape index (κ1) is 14.1. The normalized spacial score (nSPS) is 27.5. The lowest BCUT2D eigenvalue weighted by atomic mass is 9.72. The number of nitrogens with zero attached hydrogens (tertiary/aromatic N) is 2. The van der Waals surface area contributed by atoms with Gasteiger partial charge in [0.05, 0.1) is 6.10 Å². The Kier molecular flexibility index (Phi) is 4.29. The minimum atomic E-state index is -0.796. The van der Waals surface area contributed by atoms with Crippen LogP contribution in [0.15, 0.2) is 5.16 Å². The molecule has 1 aliphatic heterocycles. The Hall–Kier alpha value is -1.30. The lowest BCUT2D eigenvalue weighted by Crippen LogP contribution is -2.52. The predicted molar refractivity (Wildman–Crippen MR) is 70.9 cm³/mol. The highest BCUT2D eigenvalue weighted by Gasteiger charge is 2.47. The summed E-state index contributed by atoms with van der Waals surface area (Å²) in [5.41, 5.74) is 5.04. The second-order valence-corrected chi connectivity index (χ2v) is 5.53. The Labute approximate surface area is 113 Å². The number of hydrogen-bond acceptors (Lipinski definition) is 4. The van der Waals surface area contributed by atoms with Crippen molar-refractivity contribution in [3.8, 4) is 0 Å². The van der Waals surface area contributed by atoms with Crippen LogP contribution in [0.2, 0.25) is 0 Å².